The van der Waals surface area contributed by atoms with Crippen molar-refractivity contribution < 1.29 is 4.74 Å². The molecule has 0 radical (unpaired) electrons. The lowest BCUT2D eigenvalue weighted by Gasteiger charge is -2.40. The minimum atomic E-state index is 0.299. The zero-order valence-electron chi connectivity index (χ0n) is 11.7. The summed E-state index contributed by atoms with van der Waals surface area (Å²) < 4.78 is 5.56. The lowest BCUT2D eigenvalue weighted by atomic mass is 10.1. The van der Waals surface area contributed by atoms with Crippen LogP contribution in [0.1, 0.15) is 13.3 Å². The summed E-state index contributed by atoms with van der Waals surface area (Å²) in [7, 11) is 2.12. The van der Waals surface area contributed by atoms with E-state index in [1.165, 1.54) is 0 Å². The highest BCUT2D eigenvalue weighted by atomic mass is 16.5. The Morgan fingerprint density at radius 3 is 3.00 bits per heavy atom. The fourth-order valence-corrected chi connectivity index (χ4v) is 2.29. The molecule has 2 heterocycles. The van der Waals surface area contributed by atoms with Crippen molar-refractivity contribution in [1.29, 1.82) is 0 Å². The summed E-state index contributed by atoms with van der Waals surface area (Å²) in [5.74, 6) is 1.55. The van der Waals surface area contributed by atoms with Crippen molar-refractivity contribution in [3.63, 3.8) is 0 Å². The number of nitrogens with two attached hydrogens (primary N) is 1. The fourth-order valence-electron chi connectivity index (χ4n) is 2.29. The second-order valence-electron chi connectivity index (χ2n) is 4.91. The second-order valence-corrected chi connectivity index (χ2v) is 4.91. The number of anilines is 1. The van der Waals surface area contributed by atoms with Gasteiger partial charge in [-0.1, -0.05) is 6.92 Å². The monoisotopic (exact) mass is 265 g/mol. The SMILES string of the molecule is CCCOc1cc(N2CCN(C)CC2CN)ncn1. The molecule has 19 heavy (non-hydrogen) atoms. The first-order chi connectivity index (χ1) is 9.24. The largest absolute Gasteiger partial charge is 0.478 e. The summed E-state index contributed by atoms with van der Waals surface area (Å²) in [6.07, 6.45) is 2.53. The molecule has 0 spiro atoms. The Kier molecular flexibility index (Phi) is 4.93. The number of ether oxygens (including phenoxy) is 1. The van der Waals surface area contributed by atoms with Gasteiger partial charge in [0.25, 0.3) is 0 Å². The minimum absolute atomic E-state index is 0.299. The minimum Gasteiger partial charge on any atom is -0.478 e. The number of hydrogen-bond donors (Lipinski definition) is 1. The van der Waals surface area contributed by atoms with E-state index in [1.807, 2.05) is 6.07 Å². The van der Waals surface area contributed by atoms with Gasteiger partial charge in [0.05, 0.1) is 12.6 Å². The molecule has 1 fully saturated rings. The van der Waals surface area contributed by atoms with Crippen LogP contribution in [0.25, 0.3) is 0 Å². The van der Waals surface area contributed by atoms with E-state index in [1.54, 1.807) is 6.33 Å². The summed E-state index contributed by atoms with van der Waals surface area (Å²) in [5, 5.41) is 0. The molecule has 2 N–H and O–H groups in total. The molecule has 0 aliphatic carbocycles. The Morgan fingerprint density at radius 1 is 1.42 bits per heavy atom. The molecule has 1 aromatic heterocycles. The van der Waals surface area contributed by atoms with Gasteiger partial charge in [-0.15, -0.1) is 0 Å². The van der Waals surface area contributed by atoms with Crippen LogP contribution < -0.4 is 15.4 Å². The average Bonchev–Trinajstić information content (AvgIpc) is 2.45. The first-order valence-corrected chi connectivity index (χ1v) is 6.84. The van der Waals surface area contributed by atoms with E-state index in [4.69, 9.17) is 10.5 Å². The van der Waals surface area contributed by atoms with Crippen LogP contribution in [0.5, 0.6) is 5.88 Å². The summed E-state index contributed by atoms with van der Waals surface area (Å²) in [6, 6.07) is 2.21. The molecule has 106 valence electrons. The van der Waals surface area contributed by atoms with Crippen molar-refractivity contribution in [3.8, 4) is 5.88 Å². The van der Waals surface area contributed by atoms with Crippen molar-refractivity contribution in [2.75, 3.05) is 44.7 Å². The molecule has 0 bridgehead atoms. The van der Waals surface area contributed by atoms with Crippen LogP contribution in [0.15, 0.2) is 12.4 Å². The maximum atomic E-state index is 5.87. The fraction of sp³-hybridized carbons (Fsp3) is 0.692. The normalized spacial score (nSPS) is 20.6. The summed E-state index contributed by atoms with van der Waals surface area (Å²) in [6.45, 7) is 6.30. The highest BCUT2D eigenvalue weighted by Gasteiger charge is 2.25. The van der Waals surface area contributed by atoms with Gasteiger partial charge in [-0.25, -0.2) is 9.97 Å². The third-order valence-electron chi connectivity index (χ3n) is 3.33. The highest BCUT2D eigenvalue weighted by Crippen LogP contribution is 2.20. The zero-order chi connectivity index (χ0) is 13.7. The van der Waals surface area contributed by atoms with Gasteiger partial charge in [0, 0.05) is 32.2 Å². The van der Waals surface area contributed by atoms with E-state index < -0.39 is 0 Å². The number of likely N-dealkylation sites (N-methyl/N-ethyl adjacent to an activating group) is 1. The van der Waals surface area contributed by atoms with Crippen LogP contribution in [-0.4, -0.2) is 60.7 Å². The third kappa shape index (κ3) is 3.54. The number of aromatic nitrogens is 2. The van der Waals surface area contributed by atoms with Gasteiger partial charge in [-0.05, 0) is 13.5 Å². The standard InChI is InChI=1S/C13H23N5O/c1-3-6-19-13-7-12(15-10-16-13)18-5-4-17(2)9-11(18)8-14/h7,10-11H,3-6,8-9,14H2,1-2H3. The van der Waals surface area contributed by atoms with Crippen LogP contribution in [0, 0.1) is 0 Å². The third-order valence-corrected chi connectivity index (χ3v) is 3.33. The molecular formula is C13H23N5O. The molecule has 6 heteroatoms. The van der Waals surface area contributed by atoms with E-state index in [2.05, 4.69) is 33.7 Å². The summed E-state index contributed by atoms with van der Waals surface area (Å²) in [5.41, 5.74) is 5.87. The van der Waals surface area contributed by atoms with E-state index >= 15 is 0 Å². The molecule has 1 saturated heterocycles. The van der Waals surface area contributed by atoms with Gasteiger partial charge in [0.15, 0.2) is 0 Å². The predicted octanol–water partition coefficient (Wildman–Crippen LogP) is 0.345. The van der Waals surface area contributed by atoms with Crippen molar-refractivity contribution in [2.45, 2.75) is 19.4 Å². The number of nitrogens with zero attached hydrogens (tertiary/aromatic N) is 4. The topological polar surface area (TPSA) is 67.5 Å². The van der Waals surface area contributed by atoms with Crippen molar-refractivity contribution in [2.24, 2.45) is 5.73 Å². The van der Waals surface area contributed by atoms with Crippen molar-refractivity contribution in [1.82, 2.24) is 14.9 Å². The number of piperazine rings is 1. The zero-order valence-corrected chi connectivity index (χ0v) is 11.7. The van der Waals surface area contributed by atoms with Crippen molar-refractivity contribution >= 4 is 5.82 Å². The quantitative estimate of drug-likeness (QED) is 0.828. The molecule has 0 saturated carbocycles. The molecule has 6 nitrogen and oxygen atoms in total. The predicted molar refractivity (Wildman–Crippen MR) is 75.5 cm³/mol. The van der Waals surface area contributed by atoms with Gasteiger partial charge in [-0.2, -0.15) is 0 Å². The van der Waals surface area contributed by atoms with Gasteiger partial charge in [0.1, 0.15) is 12.1 Å². The van der Waals surface area contributed by atoms with Gasteiger partial charge in [-0.3, -0.25) is 0 Å². The molecule has 1 aromatic rings. The molecular weight excluding hydrogens is 242 g/mol. The van der Waals surface area contributed by atoms with Crippen molar-refractivity contribution in [3.05, 3.63) is 12.4 Å². The molecule has 2 rings (SSSR count). The molecule has 1 aliphatic rings. The van der Waals surface area contributed by atoms with Gasteiger partial charge >= 0.3 is 0 Å². The van der Waals surface area contributed by atoms with Crippen LogP contribution in [0.2, 0.25) is 0 Å². The first-order valence-electron chi connectivity index (χ1n) is 6.84. The van der Waals surface area contributed by atoms with Crippen LogP contribution in [-0.2, 0) is 0 Å². The Bertz CT molecular complexity index is 400. The van der Waals surface area contributed by atoms with E-state index in [9.17, 15) is 0 Å². The van der Waals surface area contributed by atoms with Gasteiger partial charge < -0.3 is 20.3 Å². The van der Waals surface area contributed by atoms with E-state index in [0.29, 0.717) is 25.1 Å². The molecule has 0 amide bonds. The van der Waals surface area contributed by atoms with Crippen LogP contribution >= 0.6 is 0 Å². The average molecular weight is 265 g/mol. The Labute approximate surface area is 114 Å². The smallest absolute Gasteiger partial charge is 0.218 e. The lowest BCUT2D eigenvalue weighted by molar-refractivity contribution is 0.268. The second kappa shape index (κ2) is 6.68. The Hall–Kier alpha value is -1.40. The highest BCUT2D eigenvalue weighted by molar-refractivity contribution is 5.43. The number of hydrogen-bond acceptors (Lipinski definition) is 6. The molecule has 1 unspecified atom stereocenters. The van der Waals surface area contributed by atoms with Crippen LogP contribution in [0.4, 0.5) is 5.82 Å². The lowest BCUT2D eigenvalue weighted by Crippen LogP contribution is -2.55. The van der Waals surface area contributed by atoms with Gasteiger partial charge in [0.2, 0.25) is 5.88 Å². The Balaban J connectivity index is 2.11. The molecule has 1 atom stereocenters. The van der Waals surface area contributed by atoms with E-state index in [0.717, 1.165) is 31.9 Å². The van der Waals surface area contributed by atoms with E-state index in [-0.39, 0.29) is 0 Å². The molecule has 0 aromatic carbocycles. The maximum Gasteiger partial charge on any atom is 0.218 e. The summed E-state index contributed by atoms with van der Waals surface area (Å²) >= 11 is 0. The van der Waals surface area contributed by atoms with Crippen LogP contribution in [0.3, 0.4) is 0 Å². The number of rotatable bonds is 5. The Morgan fingerprint density at radius 2 is 2.26 bits per heavy atom. The maximum absolute atomic E-state index is 5.87. The molecule has 1 aliphatic heterocycles. The first kappa shape index (κ1) is 14.0. The summed E-state index contributed by atoms with van der Waals surface area (Å²) in [4.78, 5) is 13.0.